The van der Waals surface area contributed by atoms with E-state index in [0.29, 0.717) is 12.1 Å². The third-order valence-electron chi connectivity index (χ3n) is 2.51. The summed E-state index contributed by atoms with van der Waals surface area (Å²) in [5, 5.41) is 9.62. The van der Waals surface area contributed by atoms with Crippen molar-refractivity contribution in [2.45, 2.75) is 19.7 Å². The summed E-state index contributed by atoms with van der Waals surface area (Å²) < 4.78 is 0. The van der Waals surface area contributed by atoms with Crippen molar-refractivity contribution in [2.24, 2.45) is 0 Å². The number of nitrogens with zero attached hydrogens (tertiary/aromatic N) is 1. The molecule has 3 nitrogen and oxygen atoms in total. The maximum atomic E-state index is 11.6. The molecule has 0 aliphatic carbocycles. The molecular weight excluding hydrogens is 190 g/mol. The van der Waals surface area contributed by atoms with Gasteiger partial charge in [0, 0.05) is 12.1 Å². The Bertz CT molecular complexity index is 397. The standard InChI is InChI=1S/C12H13NO2/c1-9-7-11(14)13(12(9)15)8-10-5-3-2-4-6-10/h2-7,11,14H,8H2,1H3/t11-/m1/s1. The number of carbonyl (C=O) groups excluding carboxylic acids is 1. The first-order valence-electron chi connectivity index (χ1n) is 4.90. The van der Waals surface area contributed by atoms with E-state index in [2.05, 4.69) is 0 Å². The Morgan fingerprint density at radius 1 is 1.33 bits per heavy atom. The molecule has 0 bridgehead atoms. The molecule has 78 valence electrons. The summed E-state index contributed by atoms with van der Waals surface area (Å²) in [6, 6.07) is 9.64. The predicted molar refractivity (Wildman–Crippen MR) is 56.8 cm³/mol. The highest BCUT2D eigenvalue weighted by Gasteiger charge is 2.27. The summed E-state index contributed by atoms with van der Waals surface area (Å²) >= 11 is 0. The molecule has 0 radical (unpaired) electrons. The van der Waals surface area contributed by atoms with Gasteiger partial charge in [-0.25, -0.2) is 0 Å². The number of hydrogen-bond donors (Lipinski definition) is 1. The molecule has 1 heterocycles. The molecule has 15 heavy (non-hydrogen) atoms. The van der Waals surface area contributed by atoms with E-state index in [1.54, 1.807) is 13.0 Å². The van der Waals surface area contributed by atoms with Gasteiger partial charge in [0.2, 0.25) is 0 Å². The summed E-state index contributed by atoms with van der Waals surface area (Å²) in [5.74, 6) is -0.0913. The quantitative estimate of drug-likeness (QED) is 0.787. The first-order valence-corrected chi connectivity index (χ1v) is 4.90. The Hall–Kier alpha value is -1.61. The monoisotopic (exact) mass is 203 g/mol. The number of aliphatic hydroxyl groups is 1. The molecule has 0 fully saturated rings. The summed E-state index contributed by atoms with van der Waals surface area (Å²) in [6.07, 6.45) is 0.795. The van der Waals surface area contributed by atoms with Gasteiger partial charge in [-0.2, -0.15) is 0 Å². The molecule has 1 aromatic rings. The SMILES string of the molecule is CC1=C[C@@H](O)N(Cc2ccccc2)C1=O. The average Bonchev–Trinajstić information content (AvgIpc) is 2.47. The van der Waals surface area contributed by atoms with E-state index >= 15 is 0 Å². The van der Waals surface area contributed by atoms with Gasteiger partial charge in [-0.1, -0.05) is 30.3 Å². The zero-order valence-electron chi connectivity index (χ0n) is 8.55. The van der Waals surface area contributed by atoms with Crippen molar-refractivity contribution in [3.8, 4) is 0 Å². The van der Waals surface area contributed by atoms with Gasteiger partial charge < -0.3 is 10.0 Å². The second kappa shape index (κ2) is 3.87. The van der Waals surface area contributed by atoms with Crippen LogP contribution in [0.15, 0.2) is 42.0 Å². The van der Waals surface area contributed by atoms with Crippen LogP contribution in [-0.4, -0.2) is 22.1 Å². The molecule has 1 aliphatic rings. The Labute approximate surface area is 88.6 Å². The number of carbonyl (C=O) groups is 1. The molecule has 3 heteroatoms. The lowest BCUT2D eigenvalue weighted by molar-refractivity contribution is -0.132. The van der Waals surface area contributed by atoms with Gasteiger partial charge in [-0.3, -0.25) is 4.79 Å². The smallest absolute Gasteiger partial charge is 0.251 e. The lowest BCUT2D eigenvalue weighted by Crippen LogP contribution is -2.33. The van der Waals surface area contributed by atoms with E-state index in [1.165, 1.54) is 4.90 Å². The molecule has 1 N–H and O–H groups in total. The zero-order chi connectivity index (χ0) is 10.8. The van der Waals surface area contributed by atoms with Crippen molar-refractivity contribution in [1.29, 1.82) is 0 Å². The van der Waals surface area contributed by atoms with E-state index in [4.69, 9.17) is 0 Å². The number of benzene rings is 1. The van der Waals surface area contributed by atoms with Crippen molar-refractivity contribution in [3.05, 3.63) is 47.5 Å². The minimum absolute atomic E-state index is 0.0913. The van der Waals surface area contributed by atoms with Gasteiger partial charge in [0.25, 0.3) is 5.91 Å². The van der Waals surface area contributed by atoms with Crippen molar-refractivity contribution < 1.29 is 9.90 Å². The first-order chi connectivity index (χ1) is 7.18. The van der Waals surface area contributed by atoms with Crippen LogP contribution in [0.4, 0.5) is 0 Å². The molecule has 0 unspecified atom stereocenters. The summed E-state index contributed by atoms with van der Waals surface area (Å²) in [7, 11) is 0. The van der Waals surface area contributed by atoms with Crippen LogP contribution in [-0.2, 0) is 11.3 Å². The van der Waals surface area contributed by atoms with Gasteiger partial charge >= 0.3 is 0 Å². The summed E-state index contributed by atoms with van der Waals surface area (Å²) in [4.78, 5) is 13.1. The second-order valence-corrected chi connectivity index (χ2v) is 3.68. The van der Waals surface area contributed by atoms with Gasteiger partial charge in [0.15, 0.2) is 0 Å². The summed E-state index contributed by atoms with van der Waals surface area (Å²) in [5.41, 5.74) is 1.63. The molecule has 0 spiro atoms. The second-order valence-electron chi connectivity index (χ2n) is 3.68. The highest BCUT2D eigenvalue weighted by Crippen LogP contribution is 2.18. The molecule has 1 aromatic carbocycles. The van der Waals surface area contributed by atoms with Gasteiger partial charge in [0.05, 0.1) is 0 Å². The van der Waals surface area contributed by atoms with Gasteiger partial charge in [-0.15, -0.1) is 0 Å². The Morgan fingerprint density at radius 3 is 2.53 bits per heavy atom. The molecule has 0 saturated carbocycles. The Morgan fingerprint density at radius 2 is 2.00 bits per heavy atom. The fraction of sp³-hybridized carbons (Fsp3) is 0.250. The third-order valence-corrected chi connectivity index (χ3v) is 2.51. The van der Waals surface area contributed by atoms with Crippen LogP contribution >= 0.6 is 0 Å². The molecule has 0 saturated heterocycles. The largest absolute Gasteiger partial charge is 0.370 e. The lowest BCUT2D eigenvalue weighted by atomic mass is 10.2. The van der Waals surface area contributed by atoms with Crippen LogP contribution < -0.4 is 0 Å². The van der Waals surface area contributed by atoms with Crippen molar-refractivity contribution in [1.82, 2.24) is 4.90 Å². The average molecular weight is 203 g/mol. The number of aliphatic hydroxyl groups excluding tert-OH is 1. The van der Waals surface area contributed by atoms with Gasteiger partial charge in [-0.05, 0) is 18.6 Å². The van der Waals surface area contributed by atoms with Crippen LogP contribution in [0.3, 0.4) is 0 Å². The Balaban J connectivity index is 2.12. The topological polar surface area (TPSA) is 40.5 Å². The van der Waals surface area contributed by atoms with E-state index in [0.717, 1.165) is 5.56 Å². The lowest BCUT2D eigenvalue weighted by Gasteiger charge is -2.20. The van der Waals surface area contributed by atoms with Crippen molar-refractivity contribution in [2.75, 3.05) is 0 Å². The Kier molecular flexibility index (Phi) is 2.56. The fourth-order valence-corrected chi connectivity index (χ4v) is 1.68. The van der Waals surface area contributed by atoms with E-state index in [-0.39, 0.29) is 5.91 Å². The van der Waals surface area contributed by atoms with Crippen LogP contribution in [0.2, 0.25) is 0 Å². The number of amides is 1. The maximum absolute atomic E-state index is 11.6. The van der Waals surface area contributed by atoms with Crippen molar-refractivity contribution in [3.63, 3.8) is 0 Å². The number of rotatable bonds is 2. The third kappa shape index (κ3) is 1.92. The molecule has 0 aromatic heterocycles. The zero-order valence-corrected chi connectivity index (χ0v) is 8.55. The van der Waals surface area contributed by atoms with Crippen LogP contribution in [0.5, 0.6) is 0 Å². The minimum Gasteiger partial charge on any atom is -0.370 e. The highest BCUT2D eigenvalue weighted by atomic mass is 16.3. The van der Waals surface area contributed by atoms with E-state index in [1.807, 2.05) is 30.3 Å². The normalized spacial score (nSPS) is 20.7. The minimum atomic E-state index is -0.780. The summed E-state index contributed by atoms with van der Waals surface area (Å²) in [6.45, 7) is 2.17. The molecule has 2 rings (SSSR count). The van der Waals surface area contributed by atoms with E-state index < -0.39 is 6.23 Å². The predicted octanol–water partition coefficient (Wildman–Crippen LogP) is 1.29. The van der Waals surface area contributed by atoms with Crippen LogP contribution in [0.1, 0.15) is 12.5 Å². The molecule has 1 aliphatic heterocycles. The van der Waals surface area contributed by atoms with Gasteiger partial charge in [0.1, 0.15) is 6.23 Å². The molecule has 1 atom stereocenters. The van der Waals surface area contributed by atoms with Crippen molar-refractivity contribution >= 4 is 5.91 Å². The molecule has 1 amide bonds. The van der Waals surface area contributed by atoms with E-state index in [9.17, 15) is 9.90 Å². The number of hydrogen-bond acceptors (Lipinski definition) is 2. The highest BCUT2D eigenvalue weighted by molar-refractivity contribution is 5.95. The first kappa shape index (κ1) is 9.93. The fourth-order valence-electron chi connectivity index (χ4n) is 1.68. The van der Waals surface area contributed by atoms with Crippen LogP contribution in [0.25, 0.3) is 0 Å². The maximum Gasteiger partial charge on any atom is 0.251 e. The van der Waals surface area contributed by atoms with Crippen LogP contribution in [0, 0.1) is 0 Å². The molecular formula is C12H13NO2.